The van der Waals surface area contributed by atoms with Crippen LogP contribution in [0, 0.1) is 0 Å². The molecular formula is C15H13BrClNO2. The van der Waals surface area contributed by atoms with Gasteiger partial charge in [0.1, 0.15) is 5.75 Å². The molecular weight excluding hydrogens is 342 g/mol. The average Bonchev–Trinajstić information content (AvgIpc) is 2.36. The monoisotopic (exact) mass is 353 g/mol. The number of halogens is 2. The van der Waals surface area contributed by atoms with E-state index in [0.29, 0.717) is 17.1 Å². The van der Waals surface area contributed by atoms with Gasteiger partial charge in [-0.1, -0.05) is 39.7 Å². The van der Waals surface area contributed by atoms with Gasteiger partial charge in [-0.3, -0.25) is 4.79 Å². The van der Waals surface area contributed by atoms with Gasteiger partial charge in [0.2, 0.25) is 0 Å². The van der Waals surface area contributed by atoms with Crippen molar-refractivity contribution in [1.82, 2.24) is 4.90 Å². The number of rotatable bonds is 3. The summed E-state index contributed by atoms with van der Waals surface area (Å²) in [6, 6.07) is 11.9. The molecule has 2 aromatic carbocycles. The van der Waals surface area contributed by atoms with E-state index < -0.39 is 0 Å². The fourth-order valence-electron chi connectivity index (χ4n) is 1.90. The minimum atomic E-state index is -0.128. The van der Waals surface area contributed by atoms with Crippen molar-refractivity contribution in [3.63, 3.8) is 0 Å². The number of phenolic OH excluding ortho intramolecular Hbond substituents is 1. The van der Waals surface area contributed by atoms with Crippen LogP contribution in [0.3, 0.4) is 0 Å². The number of carbonyl (C=O) groups is 1. The van der Waals surface area contributed by atoms with Crippen LogP contribution in [0.2, 0.25) is 5.02 Å². The van der Waals surface area contributed by atoms with Crippen LogP contribution in [0.15, 0.2) is 46.9 Å². The van der Waals surface area contributed by atoms with Gasteiger partial charge in [-0.05, 0) is 35.9 Å². The number of hydrogen-bond acceptors (Lipinski definition) is 2. The molecule has 0 atom stereocenters. The lowest BCUT2D eigenvalue weighted by molar-refractivity contribution is 0.0785. The summed E-state index contributed by atoms with van der Waals surface area (Å²) in [6.45, 7) is 0.414. The van der Waals surface area contributed by atoms with Crippen LogP contribution in [0.1, 0.15) is 15.9 Å². The van der Waals surface area contributed by atoms with E-state index in [1.807, 2.05) is 6.07 Å². The summed E-state index contributed by atoms with van der Waals surface area (Å²) in [5.74, 6) is 0.0605. The normalized spacial score (nSPS) is 10.3. The predicted octanol–water partition coefficient (Wildman–Crippen LogP) is 4.08. The lowest BCUT2D eigenvalue weighted by atomic mass is 10.1. The Morgan fingerprint density at radius 2 is 2.05 bits per heavy atom. The molecule has 5 heteroatoms. The van der Waals surface area contributed by atoms with E-state index in [2.05, 4.69) is 15.9 Å². The van der Waals surface area contributed by atoms with Crippen LogP contribution in [-0.2, 0) is 6.54 Å². The Balaban J connectivity index is 2.16. The summed E-state index contributed by atoms with van der Waals surface area (Å²) in [5.41, 5.74) is 1.38. The zero-order chi connectivity index (χ0) is 14.7. The molecule has 0 heterocycles. The molecule has 0 aliphatic carbocycles. The van der Waals surface area contributed by atoms with E-state index in [1.54, 1.807) is 48.3 Å². The molecule has 0 bridgehead atoms. The number of hydrogen-bond donors (Lipinski definition) is 1. The van der Waals surface area contributed by atoms with Gasteiger partial charge in [0, 0.05) is 28.7 Å². The quantitative estimate of drug-likeness (QED) is 0.902. The van der Waals surface area contributed by atoms with Crippen LogP contribution in [0.4, 0.5) is 0 Å². The summed E-state index contributed by atoms with van der Waals surface area (Å²) in [5, 5.41) is 9.94. The second-order valence-electron chi connectivity index (χ2n) is 4.49. The Bertz CT molecular complexity index is 625. The molecule has 1 amide bonds. The smallest absolute Gasteiger partial charge is 0.253 e. The Morgan fingerprint density at radius 3 is 2.70 bits per heavy atom. The summed E-state index contributed by atoms with van der Waals surface area (Å²) in [6.07, 6.45) is 0. The van der Waals surface area contributed by atoms with Gasteiger partial charge in [-0.25, -0.2) is 0 Å². The largest absolute Gasteiger partial charge is 0.508 e. The molecule has 0 spiro atoms. The molecule has 0 radical (unpaired) electrons. The van der Waals surface area contributed by atoms with Crippen molar-refractivity contribution >= 4 is 33.4 Å². The van der Waals surface area contributed by atoms with Gasteiger partial charge in [-0.15, -0.1) is 0 Å². The van der Waals surface area contributed by atoms with E-state index in [4.69, 9.17) is 11.6 Å². The molecule has 2 rings (SSSR count). The Labute approximate surface area is 130 Å². The molecule has 0 saturated carbocycles. The van der Waals surface area contributed by atoms with Crippen molar-refractivity contribution < 1.29 is 9.90 Å². The first-order chi connectivity index (χ1) is 9.45. The van der Waals surface area contributed by atoms with Crippen LogP contribution in [0.25, 0.3) is 0 Å². The summed E-state index contributed by atoms with van der Waals surface area (Å²) in [7, 11) is 1.71. The highest BCUT2D eigenvalue weighted by Gasteiger charge is 2.13. The fraction of sp³-hybridized carbons (Fsp3) is 0.133. The summed E-state index contributed by atoms with van der Waals surface area (Å²) < 4.78 is 0.763. The highest BCUT2D eigenvalue weighted by atomic mass is 79.9. The van der Waals surface area contributed by atoms with Crippen LogP contribution in [0.5, 0.6) is 5.75 Å². The van der Waals surface area contributed by atoms with Gasteiger partial charge < -0.3 is 10.0 Å². The third-order valence-corrected chi connectivity index (χ3v) is 3.46. The molecule has 0 saturated heterocycles. The van der Waals surface area contributed by atoms with E-state index in [-0.39, 0.29) is 11.7 Å². The third-order valence-electron chi connectivity index (χ3n) is 2.79. The molecule has 0 fully saturated rings. The Kier molecular flexibility index (Phi) is 4.68. The van der Waals surface area contributed by atoms with Crippen molar-refractivity contribution in [2.75, 3.05) is 7.05 Å². The van der Waals surface area contributed by atoms with Gasteiger partial charge >= 0.3 is 0 Å². The van der Waals surface area contributed by atoms with E-state index in [0.717, 1.165) is 10.0 Å². The first kappa shape index (κ1) is 14.9. The molecule has 0 aromatic heterocycles. The molecule has 0 unspecified atom stereocenters. The maximum atomic E-state index is 12.3. The number of aromatic hydroxyl groups is 1. The predicted molar refractivity (Wildman–Crippen MR) is 83.1 cm³/mol. The molecule has 3 nitrogen and oxygen atoms in total. The van der Waals surface area contributed by atoms with Crippen LogP contribution < -0.4 is 0 Å². The van der Waals surface area contributed by atoms with Gasteiger partial charge in [-0.2, -0.15) is 0 Å². The first-order valence-electron chi connectivity index (χ1n) is 5.95. The minimum absolute atomic E-state index is 0.128. The van der Waals surface area contributed by atoms with Gasteiger partial charge in [0.25, 0.3) is 5.91 Å². The van der Waals surface area contributed by atoms with Crippen LogP contribution >= 0.6 is 27.5 Å². The number of amides is 1. The molecule has 2 aromatic rings. The maximum Gasteiger partial charge on any atom is 0.253 e. The van der Waals surface area contributed by atoms with E-state index >= 15 is 0 Å². The highest BCUT2D eigenvalue weighted by Crippen LogP contribution is 2.21. The number of benzene rings is 2. The lowest BCUT2D eigenvalue weighted by Gasteiger charge is -2.17. The Hall–Kier alpha value is -1.52. The second-order valence-corrected chi connectivity index (χ2v) is 5.84. The number of phenols is 1. The topological polar surface area (TPSA) is 40.5 Å². The molecule has 20 heavy (non-hydrogen) atoms. The molecule has 1 N–H and O–H groups in total. The molecule has 104 valence electrons. The minimum Gasteiger partial charge on any atom is -0.508 e. The number of nitrogens with zero attached hydrogens (tertiary/aromatic N) is 1. The van der Waals surface area contributed by atoms with E-state index in [1.165, 1.54) is 0 Å². The van der Waals surface area contributed by atoms with Gasteiger partial charge in [0.05, 0.1) is 0 Å². The lowest BCUT2D eigenvalue weighted by Crippen LogP contribution is -2.26. The second kappa shape index (κ2) is 6.29. The zero-order valence-electron chi connectivity index (χ0n) is 10.8. The maximum absolute atomic E-state index is 12.3. The van der Waals surface area contributed by atoms with Crippen molar-refractivity contribution in [3.05, 3.63) is 63.1 Å². The van der Waals surface area contributed by atoms with E-state index in [9.17, 15) is 9.90 Å². The molecule has 0 aliphatic heterocycles. The van der Waals surface area contributed by atoms with Crippen molar-refractivity contribution in [2.45, 2.75) is 6.54 Å². The van der Waals surface area contributed by atoms with Crippen molar-refractivity contribution in [1.29, 1.82) is 0 Å². The van der Waals surface area contributed by atoms with Crippen LogP contribution in [-0.4, -0.2) is 23.0 Å². The fourth-order valence-corrected chi connectivity index (χ4v) is 2.76. The standard InChI is InChI=1S/C15H13BrClNO2/c1-18(9-10-3-2-4-14(19)5-10)15(20)11-6-12(16)8-13(17)7-11/h2-8,19H,9H2,1H3. The average molecular weight is 355 g/mol. The summed E-state index contributed by atoms with van der Waals surface area (Å²) >= 11 is 9.26. The first-order valence-corrected chi connectivity index (χ1v) is 7.12. The highest BCUT2D eigenvalue weighted by molar-refractivity contribution is 9.10. The third kappa shape index (κ3) is 3.74. The Morgan fingerprint density at radius 1 is 1.30 bits per heavy atom. The summed E-state index contributed by atoms with van der Waals surface area (Å²) in [4.78, 5) is 13.9. The zero-order valence-corrected chi connectivity index (χ0v) is 13.1. The van der Waals surface area contributed by atoms with Gasteiger partial charge in [0.15, 0.2) is 0 Å². The SMILES string of the molecule is CN(Cc1cccc(O)c1)C(=O)c1cc(Cl)cc(Br)c1. The number of carbonyl (C=O) groups excluding carboxylic acids is 1. The van der Waals surface area contributed by atoms with Crippen molar-refractivity contribution in [3.8, 4) is 5.75 Å². The van der Waals surface area contributed by atoms with Crippen molar-refractivity contribution in [2.24, 2.45) is 0 Å². The molecule has 0 aliphatic rings.